The summed E-state index contributed by atoms with van der Waals surface area (Å²) in [6, 6.07) is 7.54. The van der Waals surface area contributed by atoms with Crippen molar-refractivity contribution < 1.29 is 27.9 Å². The van der Waals surface area contributed by atoms with E-state index in [-0.39, 0.29) is 10.9 Å². The van der Waals surface area contributed by atoms with Gasteiger partial charge in [-0.3, -0.25) is 9.59 Å². The first-order valence-electron chi connectivity index (χ1n) is 7.25. The number of anilines is 2. The fraction of sp³-hybridized carbons (Fsp3) is 0.118. The summed E-state index contributed by atoms with van der Waals surface area (Å²) in [5.41, 5.74) is 0.440. The van der Waals surface area contributed by atoms with E-state index in [0.717, 1.165) is 0 Å². The number of benzene rings is 2. The number of hydrogen-bond acceptors (Lipinski definition) is 4. The third kappa shape index (κ3) is 5.25. The van der Waals surface area contributed by atoms with Gasteiger partial charge in [0.05, 0.1) is 10.6 Å². The number of hydrogen-bond donors (Lipinski definition) is 2. The van der Waals surface area contributed by atoms with Gasteiger partial charge < -0.3 is 15.4 Å². The molecule has 0 heterocycles. The molecular formula is C17H13ClF2N2O4. The van der Waals surface area contributed by atoms with E-state index in [1.165, 1.54) is 13.0 Å². The SMILES string of the molecule is CC(=O)Nc1cccc(NC(=O)COC(=O)c2cc(F)c(F)cc2Cl)c1. The van der Waals surface area contributed by atoms with Crippen LogP contribution in [-0.4, -0.2) is 24.4 Å². The molecule has 2 N–H and O–H groups in total. The number of rotatable bonds is 5. The molecule has 6 nitrogen and oxygen atoms in total. The Morgan fingerprint density at radius 1 is 1.04 bits per heavy atom. The number of esters is 1. The molecule has 0 fully saturated rings. The molecule has 136 valence electrons. The van der Waals surface area contributed by atoms with Crippen LogP contribution in [0.25, 0.3) is 0 Å². The number of halogens is 3. The Kier molecular flexibility index (Phi) is 6.24. The lowest BCUT2D eigenvalue weighted by Gasteiger charge is -2.09. The molecule has 0 unspecified atom stereocenters. The molecule has 2 amide bonds. The molecule has 26 heavy (non-hydrogen) atoms. The summed E-state index contributed by atoms with van der Waals surface area (Å²) in [7, 11) is 0. The monoisotopic (exact) mass is 382 g/mol. The van der Waals surface area contributed by atoms with Crippen LogP contribution < -0.4 is 10.6 Å². The Morgan fingerprint density at radius 2 is 1.65 bits per heavy atom. The Balaban J connectivity index is 1.96. The zero-order valence-electron chi connectivity index (χ0n) is 13.4. The molecule has 0 saturated heterocycles. The maximum Gasteiger partial charge on any atom is 0.340 e. The number of amides is 2. The van der Waals surface area contributed by atoms with Crippen molar-refractivity contribution in [1.82, 2.24) is 0 Å². The Labute approximate surface area is 152 Å². The standard InChI is InChI=1S/C17H13ClF2N2O4/c1-9(23)21-10-3-2-4-11(5-10)22-16(24)8-26-17(25)12-6-14(19)15(20)7-13(12)18/h2-7H,8H2,1H3,(H,21,23)(H,22,24). The lowest BCUT2D eigenvalue weighted by molar-refractivity contribution is -0.119. The summed E-state index contributed by atoms with van der Waals surface area (Å²) in [5.74, 6) is -4.48. The minimum Gasteiger partial charge on any atom is -0.452 e. The molecule has 2 aromatic carbocycles. The van der Waals surface area contributed by atoms with E-state index in [2.05, 4.69) is 10.6 Å². The second-order valence-corrected chi connectivity index (χ2v) is 5.54. The van der Waals surface area contributed by atoms with Gasteiger partial charge in [-0.15, -0.1) is 0 Å². The topological polar surface area (TPSA) is 84.5 Å². The van der Waals surface area contributed by atoms with E-state index in [4.69, 9.17) is 16.3 Å². The van der Waals surface area contributed by atoms with Crippen molar-refractivity contribution in [1.29, 1.82) is 0 Å². The van der Waals surface area contributed by atoms with E-state index < -0.39 is 35.7 Å². The highest BCUT2D eigenvalue weighted by molar-refractivity contribution is 6.33. The third-order valence-corrected chi connectivity index (χ3v) is 3.34. The van der Waals surface area contributed by atoms with Crippen LogP contribution in [0.2, 0.25) is 5.02 Å². The molecule has 0 aliphatic rings. The smallest absolute Gasteiger partial charge is 0.340 e. The first-order chi connectivity index (χ1) is 12.3. The molecule has 0 spiro atoms. The number of ether oxygens (including phenoxy) is 1. The van der Waals surface area contributed by atoms with Crippen molar-refractivity contribution in [2.75, 3.05) is 17.2 Å². The Hall–Kier alpha value is -3.00. The van der Waals surface area contributed by atoms with Gasteiger partial charge in [-0.1, -0.05) is 17.7 Å². The van der Waals surface area contributed by atoms with Crippen LogP contribution in [-0.2, 0) is 14.3 Å². The molecule has 0 aliphatic heterocycles. The van der Waals surface area contributed by atoms with Gasteiger partial charge in [0.15, 0.2) is 18.2 Å². The van der Waals surface area contributed by atoms with Gasteiger partial charge in [-0.2, -0.15) is 0 Å². The van der Waals surface area contributed by atoms with Crippen LogP contribution in [0.1, 0.15) is 17.3 Å². The summed E-state index contributed by atoms with van der Waals surface area (Å²) >= 11 is 5.66. The average molecular weight is 383 g/mol. The molecule has 9 heteroatoms. The number of carbonyl (C=O) groups is 3. The quantitative estimate of drug-likeness (QED) is 0.613. The lowest BCUT2D eigenvalue weighted by atomic mass is 10.2. The summed E-state index contributed by atoms with van der Waals surface area (Å²) in [5, 5.41) is 4.68. The highest BCUT2D eigenvalue weighted by atomic mass is 35.5. The molecule has 0 aliphatic carbocycles. The fourth-order valence-corrected chi connectivity index (χ4v) is 2.19. The predicted molar refractivity (Wildman–Crippen MR) is 91.0 cm³/mol. The summed E-state index contributed by atoms with van der Waals surface area (Å²) < 4.78 is 30.9. The van der Waals surface area contributed by atoms with E-state index in [0.29, 0.717) is 23.5 Å². The minimum atomic E-state index is -1.26. The van der Waals surface area contributed by atoms with Gasteiger partial charge in [0, 0.05) is 18.3 Å². The van der Waals surface area contributed by atoms with Crippen molar-refractivity contribution in [2.24, 2.45) is 0 Å². The van der Waals surface area contributed by atoms with Gasteiger partial charge in [0.2, 0.25) is 5.91 Å². The van der Waals surface area contributed by atoms with E-state index in [9.17, 15) is 23.2 Å². The van der Waals surface area contributed by atoms with Gasteiger partial charge >= 0.3 is 5.97 Å². The molecule has 2 aromatic rings. The Bertz CT molecular complexity index is 874. The fourth-order valence-electron chi connectivity index (χ4n) is 1.96. The number of carbonyl (C=O) groups excluding carboxylic acids is 3. The van der Waals surface area contributed by atoms with Crippen molar-refractivity contribution >= 4 is 40.8 Å². The lowest BCUT2D eigenvalue weighted by Crippen LogP contribution is -2.21. The first kappa shape index (κ1) is 19.3. The molecule has 0 aromatic heterocycles. The van der Waals surface area contributed by atoms with Crippen LogP contribution in [0.4, 0.5) is 20.2 Å². The Morgan fingerprint density at radius 3 is 2.31 bits per heavy atom. The molecule has 0 saturated carbocycles. The molecule has 0 atom stereocenters. The van der Waals surface area contributed by atoms with Crippen LogP contribution in [0.5, 0.6) is 0 Å². The minimum absolute atomic E-state index is 0.272. The summed E-state index contributed by atoms with van der Waals surface area (Å²) in [6.07, 6.45) is 0. The summed E-state index contributed by atoms with van der Waals surface area (Å²) in [4.78, 5) is 34.7. The normalized spacial score (nSPS) is 10.2. The van der Waals surface area contributed by atoms with E-state index in [1.807, 2.05) is 0 Å². The average Bonchev–Trinajstić information content (AvgIpc) is 2.55. The highest BCUT2D eigenvalue weighted by Gasteiger charge is 2.17. The largest absolute Gasteiger partial charge is 0.452 e. The zero-order valence-corrected chi connectivity index (χ0v) is 14.2. The van der Waals surface area contributed by atoms with Crippen LogP contribution in [0, 0.1) is 11.6 Å². The zero-order chi connectivity index (χ0) is 19.3. The highest BCUT2D eigenvalue weighted by Crippen LogP contribution is 2.21. The second kappa shape index (κ2) is 8.39. The second-order valence-electron chi connectivity index (χ2n) is 5.13. The van der Waals surface area contributed by atoms with E-state index >= 15 is 0 Å². The van der Waals surface area contributed by atoms with Gasteiger partial charge in [-0.25, -0.2) is 13.6 Å². The van der Waals surface area contributed by atoms with Crippen molar-refractivity contribution in [3.8, 4) is 0 Å². The third-order valence-electron chi connectivity index (χ3n) is 3.03. The molecule has 2 rings (SSSR count). The van der Waals surface area contributed by atoms with Crippen LogP contribution in [0.3, 0.4) is 0 Å². The van der Waals surface area contributed by atoms with Crippen molar-refractivity contribution in [2.45, 2.75) is 6.92 Å². The molecular weight excluding hydrogens is 370 g/mol. The number of nitrogens with one attached hydrogen (secondary N) is 2. The van der Waals surface area contributed by atoms with Crippen molar-refractivity contribution in [3.05, 3.63) is 58.6 Å². The van der Waals surface area contributed by atoms with Crippen LogP contribution >= 0.6 is 11.6 Å². The van der Waals surface area contributed by atoms with Gasteiger partial charge in [-0.05, 0) is 30.3 Å². The summed E-state index contributed by atoms with van der Waals surface area (Å²) in [6.45, 7) is 0.673. The maximum absolute atomic E-state index is 13.2. The van der Waals surface area contributed by atoms with E-state index in [1.54, 1.807) is 18.2 Å². The van der Waals surface area contributed by atoms with Crippen LogP contribution in [0.15, 0.2) is 36.4 Å². The van der Waals surface area contributed by atoms with Gasteiger partial charge in [0.1, 0.15) is 0 Å². The molecule has 0 radical (unpaired) electrons. The van der Waals surface area contributed by atoms with Gasteiger partial charge in [0.25, 0.3) is 5.91 Å². The van der Waals surface area contributed by atoms with Crippen molar-refractivity contribution in [3.63, 3.8) is 0 Å². The first-order valence-corrected chi connectivity index (χ1v) is 7.63. The molecule has 0 bridgehead atoms. The maximum atomic E-state index is 13.2. The predicted octanol–water partition coefficient (Wildman–Crippen LogP) is 3.37.